The lowest BCUT2D eigenvalue weighted by molar-refractivity contribution is -0.131. The first-order valence-corrected chi connectivity index (χ1v) is 9.42. The molecule has 0 aliphatic heterocycles. The van der Waals surface area contributed by atoms with Gasteiger partial charge in [0.1, 0.15) is 11.5 Å². The van der Waals surface area contributed by atoms with Gasteiger partial charge in [0.05, 0.1) is 6.42 Å². The molecule has 0 unspecified atom stereocenters. The summed E-state index contributed by atoms with van der Waals surface area (Å²) >= 11 is 0. The van der Waals surface area contributed by atoms with Gasteiger partial charge in [-0.3, -0.25) is 4.79 Å². The fraction of sp³-hybridized carbons (Fsp3) is 0.500. The van der Waals surface area contributed by atoms with E-state index in [9.17, 15) is 22.4 Å². The van der Waals surface area contributed by atoms with E-state index in [0.29, 0.717) is 5.92 Å². The molecular weight excluding hydrogens is 374 g/mol. The van der Waals surface area contributed by atoms with E-state index in [1.807, 2.05) is 0 Å². The molecule has 2 saturated carbocycles. The Hall–Kier alpha value is -2.38. The summed E-state index contributed by atoms with van der Waals surface area (Å²) in [6.45, 7) is 0.207. The minimum atomic E-state index is -2.96. The molecule has 0 spiro atoms. The quantitative estimate of drug-likeness (QED) is 0.658. The molecule has 2 fully saturated rings. The fourth-order valence-electron chi connectivity index (χ4n) is 3.65. The summed E-state index contributed by atoms with van der Waals surface area (Å²) in [6, 6.07) is 4.59. The summed E-state index contributed by atoms with van der Waals surface area (Å²) in [5, 5.41) is 3.50. The van der Waals surface area contributed by atoms with Gasteiger partial charge in [0, 0.05) is 25.2 Å². The number of rotatable bonds is 7. The van der Waals surface area contributed by atoms with Crippen LogP contribution in [0.4, 0.5) is 17.6 Å². The number of aromatic nitrogens is 2. The van der Waals surface area contributed by atoms with Crippen molar-refractivity contribution in [3.8, 4) is 0 Å². The van der Waals surface area contributed by atoms with Crippen LogP contribution in [0, 0.1) is 11.8 Å². The third-order valence-corrected chi connectivity index (χ3v) is 5.41. The monoisotopic (exact) mass is 395 g/mol. The zero-order valence-electron chi connectivity index (χ0n) is 15.5. The summed E-state index contributed by atoms with van der Waals surface area (Å²) in [4.78, 5) is 14.5. The predicted molar refractivity (Wildman–Crippen MR) is 93.8 cm³/mol. The number of alkyl halides is 2. The van der Waals surface area contributed by atoms with Gasteiger partial charge >= 0.3 is 0 Å². The largest absolute Gasteiger partial charge is 0.335 e. The van der Waals surface area contributed by atoms with Crippen LogP contribution in [0.5, 0.6) is 0 Å². The molecule has 1 amide bonds. The van der Waals surface area contributed by atoms with Crippen LogP contribution in [0.25, 0.3) is 0 Å². The zero-order valence-corrected chi connectivity index (χ0v) is 15.5. The maximum Gasteiger partial charge on any atom is 0.282 e. The van der Waals surface area contributed by atoms with Gasteiger partial charge < -0.3 is 4.90 Å². The first-order chi connectivity index (χ1) is 13.3. The van der Waals surface area contributed by atoms with E-state index < -0.39 is 30.4 Å². The molecule has 0 radical (unpaired) electrons. The second-order valence-corrected chi connectivity index (χ2v) is 7.63. The van der Waals surface area contributed by atoms with E-state index in [1.165, 1.54) is 19.2 Å². The maximum absolute atomic E-state index is 14.2. The highest BCUT2D eigenvalue weighted by Crippen LogP contribution is 2.42. The highest BCUT2D eigenvalue weighted by atomic mass is 19.3. The number of carbonyl (C=O) groups excluding carboxylic acids is 1. The van der Waals surface area contributed by atoms with Crippen molar-refractivity contribution < 1.29 is 22.4 Å². The Morgan fingerprint density at radius 3 is 2.57 bits per heavy atom. The van der Waals surface area contributed by atoms with E-state index in [0.717, 1.165) is 41.5 Å². The molecule has 0 bridgehead atoms. The average Bonchev–Trinajstić information content (AvgIpc) is 3.54. The first kappa shape index (κ1) is 19.0. The summed E-state index contributed by atoms with van der Waals surface area (Å²) in [7, 11) is 1.22. The second kappa shape index (κ2) is 7.22. The van der Waals surface area contributed by atoms with Gasteiger partial charge in [-0.05, 0) is 54.9 Å². The molecule has 0 N–H and O–H groups in total. The Morgan fingerprint density at radius 1 is 1.25 bits per heavy atom. The smallest absolute Gasteiger partial charge is 0.282 e. The van der Waals surface area contributed by atoms with Crippen LogP contribution in [-0.2, 0) is 24.8 Å². The summed E-state index contributed by atoms with van der Waals surface area (Å²) in [6.07, 6.45) is 0.235. The molecule has 1 aromatic heterocycles. The third-order valence-electron chi connectivity index (χ3n) is 5.41. The van der Waals surface area contributed by atoms with Gasteiger partial charge in [-0.15, -0.1) is 0 Å². The van der Waals surface area contributed by atoms with Crippen LogP contribution in [0.15, 0.2) is 18.2 Å². The molecule has 0 atom stereocenters. The first-order valence-electron chi connectivity index (χ1n) is 9.42. The lowest BCUT2D eigenvalue weighted by Gasteiger charge is -2.24. The summed E-state index contributed by atoms with van der Waals surface area (Å²) in [5.41, 5.74) is 0.701. The molecule has 2 aliphatic rings. The highest BCUT2D eigenvalue weighted by Gasteiger charge is 2.36. The lowest BCUT2D eigenvalue weighted by atomic mass is 10.0. The van der Waals surface area contributed by atoms with Crippen molar-refractivity contribution >= 4 is 5.91 Å². The average molecular weight is 395 g/mol. The van der Waals surface area contributed by atoms with E-state index in [2.05, 4.69) is 5.10 Å². The number of carbonyl (C=O) groups is 1. The number of amides is 1. The second-order valence-electron chi connectivity index (χ2n) is 7.63. The van der Waals surface area contributed by atoms with Gasteiger partial charge in [-0.25, -0.2) is 17.9 Å². The maximum atomic E-state index is 14.2. The molecule has 1 heterocycles. The number of nitrogens with zero attached hydrogens (tertiary/aromatic N) is 3. The number of benzene rings is 1. The predicted octanol–water partition coefficient (Wildman–Crippen LogP) is 4.25. The molecule has 1 aromatic carbocycles. The van der Waals surface area contributed by atoms with Crippen molar-refractivity contribution in [1.29, 1.82) is 0 Å². The Balaban J connectivity index is 1.58. The van der Waals surface area contributed by atoms with Gasteiger partial charge in [0.2, 0.25) is 11.9 Å². The number of hydrogen-bond donors (Lipinski definition) is 0. The number of aryl methyl sites for hydroxylation is 1. The molecule has 2 aliphatic carbocycles. The van der Waals surface area contributed by atoms with Gasteiger partial charge in [0.25, 0.3) is 6.43 Å². The van der Waals surface area contributed by atoms with Crippen molar-refractivity contribution in [2.75, 3.05) is 0 Å². The van der Waals surface area contributed by atoms with Crippen molar-refractivity contribution in [2.45, 2.75) is 57.0 Å². The number of hydrogen-bond acceptors (Lipinski definition) is 2. The van der Waals surface area contributed by atoms with Crippen molar-refractivity contribution in [3.05, 3.63) is 52.3 Å². The van der Waals surface area contributed by atoms with Crippen LogP contribution in [0.3, 0.4) is 0 Å². The Kier molecular flexibility index (Phi) is 4.89. The van der Waals surface area contributed by atoms with Crippen LogP contribution < -0.4 is 0 Å². The zero-order chi connectivity index (χ0) is 20.0. The minimum absolute atomic E-state index is 0.0162. The Labute approximate surface area is 160 Å². The van der Waals surface area contributed by atoms with Crippen LogP contribution in [0.1, 0.15) is 60.4 Å². The van der Waals surface area contributed by atoms with E-state index in [-0.39, 0.29) is 24.0 Å². The van der Waals surface area contributed by atoms with E-state index in [4.69, 9.17) is 0 Å². The fourth-order valence-corrected chi connectivity index (χ4v) is 3.65. The molecule has 4 rings (SSSR count). The van der Waals surface area contributed by atoms with Crippen LogP contribution >= 0.6 is 0 Å². The summed E-state index contributed by atoms with van der Waals surface area (Å²) in [5.74, 6) is -1.36. The van der Waals surface area contributed by atoms with Crippen molar-refractivity contribution in [2.24, 2.45) is 7.05 Å². The minimum Gasteiger partial charge on any atom is -0.335 e. The van der Waals surface area contributed by atoms with Crippen LogP contribution in [-0.4, -0.2) is 26.6 Å². The van der Waals surface area contributed by atoms with E-state index in [1.54, 1.807) is 11.0 Å². The lowest BCUT2D eigenvalue weighted by Crippen LogP contribution is -2.34. The Morgan fingerprint density at radius 2 is 1.96 bits per heavy atom. The topological polar surface area (TPSA) is 38.1 Å². The molecule has 150 valence electrons. The van der Waals surface area contributed by atoms with Crippen molar-refractivity contribution in [3.63, 3.8) is 0 Å². The molecule has 0 saturated heterocycles. The normalized spacial score (nSPS) is 16.6. The standard InChI is InChI=1S/C20H21F4N3O/c1-26-20(24)16(18(25-26)19(22)23)9-17(28)27(14-5-6-14)10-12-8-13(21)4-7-15(12)11-2-3-11/h4,7-8,11,14,19H,2-3,5-6,9-10H2,1H3. The molecule has 8 heteroatoms. The SMILES string of the molecule is Cn1nc(C(F)F)c(CC(=O)N(Cc2cc(F)ccc2C2CC2)C2CC2)c1F. The van der Waals surface area contributed by atoms with Gasteiger partial charge in [-0.1, -0.05) is 6.07 Å². The Bertz CT molecular complexity index is 903. The molecule has 28 heavy (non-hydrogen) atoms. The van der Waals surface area contributed by atoms with Gasteiger partial charge in [-0.2, -0.15) is 9.49 Å². The molecule has 2 aromatic rings. The van der Waals surface area contributed by atoms with Gasteiger partial charge in [0.15, 0.2) is 0 Å². The molecular formula is C20H21F4N3O. The third kappa shape index (κ3) is 3.77. The molecule has 4 nitrogen and oxygen atoms in total. The highest BCUT2D eigenvalue weighted by molar-refractivity contribution is 5.79. The summed E-state index contributed by atoms with van der Waals surface area (Å²) < 4.78 is 55.1. The van der Waals surface area contributed by atoms with Crippen molar-refractivity contribution in [1.82, 2.24) is 14.7 Å². The number of halogens is 4. The van der Waals surface area contributed by atoms with Crippen LogP contribution in [0.2, 0.25) is 0 Å². The van der Waals surface area contributed by atoms with E-state index >= 15 is 0 Å².